The zero-order chi connectivity index (χ0) is 22.3. The van der Waals surface area contributed by atoms with E-state index >= 15 is 0 Å². The molecule has 1 fully saturated rings. The number of carbonyl (C=O) groups excluding carboxylic acids is 2. The van der Waals surface area contributed by atoms with Crippen LogP contribution in [0.15, 0.2) is 48.5 Å². The number of halogens is 1. The van der Waals surface area contributed by atoms with Gasteiger partial charge in [-0.2, -0.15) is 0 Å². The number of imide groups is 1. The predicted molar refractivity (Wildman–Crippen MR) is 105 cm³/mol. The van der Waals surface area contributed by atoms with Crippen LogP contribution < -0.4 is 15.8 Å². The van der Waals surface area contributed by atoms with Crippen LogP contribution in [0.25, 0.3) is 0 Å². The van der Waals surface area contributed by atoms with Gasteiger partial charge in [0.2, 0.25) is 0 Å². The first-order chi connectivity index (χ1) is 13.9. The lowest BCUT2D eigenvalue weighted by atomic mass is 9.80. The van der Waals surface area contributed by atoms with Gasteiger partial charge in [-0.15, -0.1) is 4.48 Å². The van der Waals surface area contributed by atoms with Crippen molar-refractivity contribution in [1.82, 2.24) is 5.32 Å². The van der Waals surface area contributed by atoms with Crippen molar-refractivity contribution in [2.45, 2.75) is 38.4 Å². The summed E-state index contributed by atoms with van der Waals surface area (Å²) in [5, 5.41) is 12.1. The maximum Gasteiger partial charge on any atom is 0.427 e. The second kappa shape index (κ2) is 7.10. The highest BCUT2D eigenvalue weighted by Crippen LogP contribution is 2.43. The van der Waals surface area contributed by atoms with Gasteiger partial charge in [-0.25, -0.2) is 18.8 Å². The number of nitrogens with one attached hydrogen (secondary N) is 1. The summed E-state index contributed by atoms with van der Waals surface area (Å²) in [4.78, 5) is 37.2. The molecule has 0 radical (unpaired) electrons. The molecule has 0 aliphatic carbocycles. The minimum atomic E-state index is -1.69. The van der Waals surface area contributed by atoms with Crippen LogP contribution in [-0.4, -0.2) is 38.7 Å². The Balaban J connectivity index is 1.90. The summed E-state index contributed by atoms with van der Waals surface area (Å²) < 4.78 is 17.8. The highest BCUT2D eigenvalue weighted by Gasteiger charge is 2.73. The van der Waals surface area contributed by atoms with Crippen LogP contribution in [0.5, 0.6) is 11.5 Å². The van der Waals surface area contributed by atoms with Crippen molar-refractivity contribution >= 4 is 18.0 Å². The summed E-state index contributed by atoms with van der Waals surface area (Å²) in [5.74, 6) is -0.721. The Kier molecular flexibility index (Phi) is 5.03. The van der Waals surface area contributed by atoms with Gasteiger partial charge in [0.15, 0.2) is 5.54 Å². The van der Waals surface area contributed by atoms with Gasteiger partial charge < -0.3 is 15.6 Å². The number of carboxylic acids is 1. The van der Waals surface area contributed by atoms with Gasteiger partial charge in [0.25, 0.3) is 0 Å². The van der Waals surface area contributed by atoms with Crippen LogP contribution in [-0.2, 0) is 11.3 Å². The Hall–Kier alpha value is -3.46. The van der Waals surface area contributed by atoms with Gasteiger partial charge in [-0.05, 0) is 69.3 Å². The lowest BCUT2D eigenvalue weighted by Crippen LogP contribution is -2.70. The molecule has 1 aliphatic rings. The van der Waals surface area contributed by atoms with E-state index in [1.807, 2.05) is 0 Å². The maximum atomic E-state index is 13.0. The number of carboxylic acid groups (broad SMARTS) is 1. The van der Waals surface area contributed by atoms with Crippen molar-refractivity contribution < 1.29 is 33.1 Å². The summed E-state index contributed by atoms with van der Waals surface area (Å²) in [7, 11) is 0. The first kappa shape index (κ1) is 21.3. The largest absolute Gasteiger partial charge is 0.479 e. The fraction of sp³-hybridized carbons (Fsp3) is 0.286. The fourth-order valence-electron chi connectivity index (χ4n) is 3.71. The van der Waals surface area contributed by atoms with E-state index in [0.717, 1.165) is 0 Å². The average Bonchev–Trinajstić information content (AvgIpc) is 2.83. The minimum absolute atomic E-state index is 0.131. The highest BCUT2D eigenvalue weighted by atomic mass is 19.1. The second-order valence-corrected chi connectivity index (χ2v) is 7.93. The number of ether oxygens (including phenoxy) is 1. The van der Waals surface area contributed by atoms with Crippen molar-refractivity contribution in [3.8, 4) is 11.5 Å². The standard InChI is InChI=1S/C21H22FN3O5/c1-20(2)21(3,17(26)27)24-19(29)25(20,18(23)28)12-13-4-8-15(9-5-13)30-16-10-6-14(22)7-11-16/h4-11H,12H2,1-3H3,(H3-,23,24,26,27,28,29)/p+1/t21-,25?/m0/s1. The molecule has 1 aliphatic heterocycles. The molecule has 8 nitrogen and oxygen atoms in total. The molecule has 30 heavy (non-hydrogen) atoms. The number of benzene rings is 2. The Morgan fingerprint density at radius 3 is 2.00 bits per heavy atom. The molecule has 158 valence electrons. The van der Waals surface area contributed by atoms with E-state index in [-0.39, 0.29) is 12.4 Å². The molecule has 4 N–H and O–H groups in total. The number of carbonyl (C=O) groups is 3. The second-order valence-electron chi connectivity index (χ2n) is 7.93. The molecule has 0 aromatic heterocycles. The molecule has 2 aromatic rings. The molecule has 0 bridgehead atoms. The first-order valence-corrected chi connectivity index (χ1v) is 9.21. The van der Waals surface area contributed by atoms with E-state index in [4.69, 9.17) is 10.5 Å². The van der Waals surface area contributed by atoms with Crippen molar-refractivity contribution in [3.05, 3.63) is 59.9 Å². The number of nitrogens with two attached hydrogens (primary N) is 1. The summed E-state index contributed by atoms with van der Waals surface area (Å²) in [5.41, 5.74) is 3.16. The normalized spacial score (nSPS) is 24.9. The Labute approximate surface area is 172 Å². The Morgan fingerprint density at radius 2 is 1.57 bits per heavy atom. The lowest BCUT2D eigenvalue weighted by Gasteiger charge is -2.41. The minimum Gasteiger partial charge on any atom is -0.479 e. The number of nitrogens with zero attached hydrogens (tertiary/aromatic N) is 1. The average molecular weight is 416 g/mol. The first-order valence-electron chi connectivity index (χ1n) is 9.21. The molecule has 4 amide bonds. The van der Waals surface area contributed by atoms with E-state index in [1.54, 1.807) is 24.3 Å². The van der Waals surface area contributed by atoms with Gasteiger partial charge >= 0.3 is 18.0 Å². The van der Waals surface area contributed by atoms with Crippen LogP contribution in [0.3, 0.4) is 0 Å². The quantitative estimate of drug-likeness (QED) is 0.646. The molecule has 1 heterocycles. The number of hydrogen-bond acceptors (Lipinski definition) is 4. The lowest BCUT2D eigenvalue weighted by molar-refractivity contribution is -0.827. The van der Waals surface area contributed by atoms with E-state index in [0.29, 0.717) is 17.1 Å². The fourth-order valence-corrected chi connectivity index (χ4v) is 3.71. The Morgan fingerprint density at radius 1 is 1.07 bits per heavy atom. The van der Waals surface area contributed by atoms with Crippen molar-refractivity contribution in [2.75, 3.05) is 0 Å². The van der Waals surface area contributed by atoms with Crippen LogP contribution in [0.4, 0.5) is 14.0 Å². The zero-order valence-electron chi connectivity index (χ0n) is 16.8. The zero-order valence-corrected chi connectivity index (χ0v) is 16.8. The molecular formula is C21H23FN3O5+. The van der Waals surface area contributed by atoms with Crippen molar-refractivity contribution in [2.24, 2.45) is 5.73 Å². The molecular weight excluding hydrogens is 393 g/mol. The number of urea groups is 2. The van der Waals surface area contributed by atoms with Gasteiger partial charge in [0, 0.05) is 5.56 Å². The van der Waals surface area contributed by atoms with E-state index in [1.165, 1.54) is 45.0 Å². The van der Waals surface area contributed by atoms with Crippen LogP contribution in [0.2, 0.25) is 0 Å². The number of rotatable bonds is 5. The van der Waals surface area contributed by atoms with Gasteiger partial charge in [0.1, 0.15) is 29.4 Å². The van der Waals surface area contributed by atoms with Gasteiger partial charge in [-0.3, -0.25) is 5.32 Å². The molecule has 9 heteroatoms. The molecule has 1 unspecified atom stereocenters. The molecule has 2 atom stereocenters. The molecule has 3 rings (SSSR count). The molecule has 0 spiro atoms. The van der Waals surface area contributed by atoms with Gasteiger partial charge in [-0.1, -0.05) is 0 Å². The number of hydrogen-bond donors (Lipinski definition) is 3. The third kappa shape index (κ3) is 3.07. The van der Waals surface area contributed by atoms with E-state index in [2.05, 4.69) is 5.32 Å². The Bertz CT molecular complexity index is 1010. The number of quaternary nitrogens is 1. The summed E-state index contributed by atoms with van der Waals surface area (Å²) in [6.07, 6.45) is 0. The third-order valence-corrected chi connectivity index (χ3v) is 6.08. The predicted octanol–water partition coefficient (Wildman–Crippen LogP) is 3.36. The van der Waals surface area contributed by atoms with Crippen LogP contribution in [0, 0.1) is 5.82 Å². The third-order valence-electron chi connectivity index (χ3n) is 6.08. The SMILES string of the molecule is CC1(C)[C@](C)(C(=O)O)NC(=O)[N+]1(Cc1ccc(Oc2ccc(F)cc2)cc1)C(N)=O. The van der Waals surface area contributed by atoms with Gasteiger partial charge in [0.05, 0.1) is 0 Å². The monoisotopic (exact) mass is 416 g/mol. The number of amides is 4. The smallest absolute Gasteiger partial charge is 0.427 e. The van der Waals surface area contributed by atoms with Crippen molar-refractivity contribution in [1.29, 1.82) is 0 Å². The topological polar surface area (TPSA) is 119 Å². The molecule has 2 aromatic carbocycles. The summed E-state index contributed by atoms with van der Waals surface area (Å²) >= 11 is 0. The van der Waals surface area contributed by atoms with Crippen LogP contribution >= 0.6 is 0 Å². The molecule has 1 saturated heterocycles. The molecule has 0 saturated carbocycles. The van der Waals surface area contributed by atoms with E-state index in [9.17, 15) is 23.9 Å². The highest BCUT2D eigenvalue weighted by molar-refractivity contribution is 5.93. The summed E-state index contributed by atoms with van der Waals surface area (Å²) in [6.45, 7) is 4.27. The maximum absolute atomic E-state index is 13.0. The van der Waals surface area contributed by atoms with E-state index < -0.39 is 33.6 Å². The van der Waals surface area contributed by atoms with Crippen molar-refractivity contribution in [3.63, 3.8) is 0 Å². The number of primary amides is 1. The number of aliphatic carboxylic acids is 1. The van der Waals surface area contributed by atoms with Crippen LogP contribution in [0.1, 0.15) is 26.3 Å². The summed E-state index contributed by atoms with van der Waals surface area (Å²) in [6, 6.07) is 10.4.